The van der Waals surface area contributed by atoms with Gasteiger partial charge in [-0.1, -0.05) is 0 Å². The SMILES string of the molecule is O=C1CC2CCC(N2)C1C1CCS(=O)(=O)CC1. The van der Waals surface area contributed by atoms with Crippen molar-refractivity contribution >= 4 is 15.6 Å². The predicted molar refractivity (Wildman–Crippen MR) is 64.4 cm³/mol. The lowest BCUT2D eigenvalue weighted by atomic mass is 9.77. The van der Waals surface area contributed by atoms with Crippen molar-refractivity contribution < 1.29 is 13.2 Å². The summed E-state index contributed by atoms with van der Waals surface area (Å²) < 4.78 is 22.8. The van der Waals surface area contributed by atoms with Crippen molar-refractivity contribution in [1.82, 2.24) is 5.32 Å². The maximum absolute atomic E-state index is 12.1. The van der Waals surface area contributed by atoms with Crippen LogP contribution in [0.25, 0.3) is 0 Å². The number of fused-ring (bicyclic) bond motifs is 2. The Hall–Kier alpha value is -0.420. The van der Waals surface area contributed by atoms with E-state index < -0.39 is 9.84 Å². The van der Waals surface area contributed by atoms with Crippen molar-refractivity contribution in [2.45, 2.75) is 44.2 Å². The molecule has 5 heteroatoms. The molecule has 3 rings (SSSR count). The van der Waals surface area contributed by atoms with E-state index in [1.54, 1.807) is 0 Å². The summed E-state index contributed by atoms with van der Waals surface area (Å²) in [6.07, 6.45) is 4.22. The van der Waals surface area contributed by atoms with Gasteiger partial charge in [-0.15, -0.1) is 0 Å². The van der Waals surface area contributed by atoms with E-state index in [0.29, 0.717) is 43.0 Å². The van der Waals surface area contributed by atoms with E-state index in [9.17, 15) is 13.2 Å². The fourth-order valence-electron chi connectivity index (χ4n) is 3.76. The van der Waals surface area contributed by atoms with E-state index in [1.807, 2.05) is 0 Å². The van der Waals surface area contributed by atoms with Crippen molar-refractivity contribution in [2.75, 3.05) is 11.5 Å². The lowest BCUT2D eigenvalue weighted by Crippen LogP contribution is -2.50. The number of ketones is 1. The van der Waals surface area contributed by atoms with Crippen LogP contribution < -0.4 is 5.32 Å². The molecular formula is C12H19NO3S. The normalized spacial score (nSPS) is 41.6. The third-order valence-corrected chi connectivity index (χ3v) is 6.35. The zero-order chi connectivity index (χ0) is 12.0. The van der Waals surface area contributed by atoms with Crippen LogP contribution in [0.4, 0.5) is 0 Å². The monoisotopic (exact) mass is 257 g/mol. The Morgan fingerprint density at radius 3 is 2.47 bits per heavy atom. The highest BCUT2D eigenvalue weighted by atomic mass is 32.2. The smallest absolute Gasteiger partial charge is 0.150 e. The summed E-state index contributed by atoms with van der Waals surface area (Å²) >= 11 is 0. The number of carbonyl (C=O) groups excluding carboxylic acids is 1. The molecule has 3 unspecified atom stereocenters. The van der Waals surface area contributed by atoms with Crippen molar-refractivity contribution in [3.63, 3.8) is 0 Å². The van der Waals surface area contributed by atoms with E-state index in [1.165, 1.54) is 0 Å². The number of nitrogens with one attached hydrogen (secondary N) is 1. The first-order valence-electron chi connectivity index (χ1n) is 6.54. The molecule has 3 aliphatic heterocycles. The summed E-state index contributed by atoms with van der Waals surface area (Å²) in [5, 5.41) is 3.52. The van der Waals surface area contributed by atoms with Crippen molar-refractivity contribution in [3.8, 4) is 0 Å². The van der Waals surface area contributed by atoms with Gasteiger partial charge in [-0.2, -0.15) is 0 Å². The first-order valence-corrected chi connectivity index (χ1v) is 8.36. The first kappa shape index (κ1) is 11.7. The molecule has 0 aromatic rings. The van der Waals surface area contributed by atoms with Crippen LogP contribution in [0.1, 0.15) is 32.1 Å². The average molecular weight is 257 g/mol. The van der Waals surface area contributed by atoms with Gasteiger partial charge in [0.15, 0.2) is 0 Å². The average Bonchev–Trinajstić information content (AvgIpc) is 2.63. The molecule has 0 aliphatic carbocycles. The molecule has 4 nitrogen and oxygen atoms in total. The molecule has 2 bridgehead atoms. The van der Waals surface area contributed by atoms with E-state index in [4.69, 9.17) is 0 Å². The molecule has 0 aromatic carbocycles. The summed E-state index contributed by atoms with van der Waals surface area (Å²) in [6.45, 7) is 0. The Labute approximate surface area is 102 Å². The van der Waals surface area contributed by atoms with E-state index in [2.05, 4.69) is 5.32 Å². The second-order valence-corrected chi connectivity index (χ2v) is 8.04. The maximum Gasteiger partial charge on any atom is 0.150 e. The second kappa shape index (κ2) is 4.05. The predicted octanol–water partition coefficient (Wildman–Crippen LogP) is 0.521. The molecule has 3 atom stereocenters. The molecule has 0 aromatic heterocycles. The van der Waals surface area contributed by atoms with Crippen molar-refractivity contribution in [1.29, 1.82) is 0 Å². The minimum Gasteiger partial charge on any atom is -0.310 e. The highest BCUT2D eigenvalue weighted by molar-refractivity contribution is 7.91. The van der Waals surface area contributed by atoms with E-state index >= 15 is 0 Å². The van der Waals surface area contributed by atoms with E-state index in [-0.39, 0.29) is 17.4 Å². The number of carbonyl (C=O) groups is 1. The van der Waals surface area contributed by atoms with Gasteiger partial charge in [0.1, 0.15) is 15.6 Å². The topological polar surface area (TPSA) is 63.2 Å². The van der Waals surface area contributed by atoms with E-state index in [0.717, 1.165) is 12.8 Å². The number of hydrogen-bond donors (Lipinski definition) is 1. The van der Waals surface area contributed by atoms with Crippen LogP contribution in [0.2, 0.25) is 0 Å². The zero-order valence-electron chi connectivity index (χ0n) is 9.89. The summed E-state index contributed by atoms with van der Waals surface area (Å²) in [6, 6.07) is 0.725. The van der Waals surface area contributed by atoms with Gasteiger partial charge in [0, 0.05) is 24.4 Å². The van der Waals surface area contributed by atoms with Crippen LogP contribution >= 0.6 is 0 Å². The maximum atomic E-state index is 12.1. The quantitative estimate of drug-likeness (QED) is 0.744. The Morgan fingerprint density at radius 1 is 1.06 bits per heavy atom. The number of rotatable bonds is 1. The van der Waals surface area contributed by atoms with Crippen LogP contribution in [0.5, 0.6) is 0 Å². The Kier molecular flexibility index (Phi) is 2.78. The molecule has 3 saturated heterocycles. The lowest BCUT2D eigenvalue weighted by molar-refractivity contribution is -0.127. The molecule has 0 spiro atoms. The summed E-state index contributed by atoms with van der Waals surface area (Å²) in [4.78, 5) is 12.1. The molecule has 1 N–H and O–H groups in total. The lowest BCUT2D eigenvalue weighted by Gasteiger charge is -2.36. The summed E-state index contributed by atoms with van der Waals surface area (Å²) in [5.74, 6) is 1.31. The minimum absolute atomic E-state index is 0.0873. The van der Waals surface area contributed by atoms with Crippen LogP contribution in [-0.4, -0.2) is 37.8 Å². The largest absolute Gasteiger partial charge is 0.310 e. The molecule has 0 radical (unpaired) electrons. The molecule has 0 saturated carbocycles. The zero-order valence-corrected chi connectivity index (χ0v) is 10.7. The fourth-order valence-corrected chi connectivity index (χ4v) is 5.28. The number of hydrogen-bond acceptors (Lipinski definition) is 4. The Balaban J connectivity index is 1.73. The highest BCUT2D eigenvalue weighted by Crippen LogP contribution is 2.37. The fraction of sp³-hybridized carbons (Fsp3) is 0.917. The summed E-state index contributed by atoms with van der Waals surface area (Å²) in [5.41, 5.74) is 0. The van der Waals surface area contributed by atoms with Gasteiger partial charge < -0.3 is 5.32 Å². The molecule has 3 aliphatic rings. The molecular weight excluding hydrogens is 238 g/mol. The van der Waals surface area contributed by atoms with Crippen molar-refractivity contribution in [3.05, 3.63) is 0 Å². The van der Waals surface area contributed by atoms with Gasteiger partial charge in [0.25, 0.3) is 0 Å². The highest BCUT2D eigenvalue weighted by Gasteiger charge is 2.45. The molecule has 17 heavy (non-hydrogen) atoms. The van der Waals surface area contributed by atoms with Gasteiger partial charge in [0.05, 0.1) is 11.5 Å². The number of sulfone groups is 1. The van der Waals surface area contributed by atoms with Crippen LogP contribution in [0, 0.1) is 11.8 Å². The first-order chi connectivity index (χ1) is 8.05. The Morgan fingerprint density at radius 2 is 1.76 bits per heavy atom. The molecule has 96 valence electrons. The van der Waals surface area contributed by atoms with Gasteiger partial charge in [0.2, 0.25) is 0 Å². The molecule has 3 heterocycles. The second-order valence-electron chi connectivity index (χ2n) is 5.73. The number of piperidine rings is 1. The van der Waals surface area contributed by atoms with Crippen LogP contribution in [-0.2, 0) is 14.6 Å². The standard InChI is InChI=1S/C12H19NO3S/c14-11-7-9-1-2-10(13-9)12(11)8-3-5-17(15,16)6-4-8/h8-10,12-13H,1-7H2. The molecule has 0 amide bonds. The van der Waals surface area contributed by atoms with Crippen molar-refractivity contribution in [2.24, 2.45) is 11.8 Å². The Bertz CT molecular complexity index is 417. The van der Waals surface area contributed by atoms with Gasteiger partial charge in [-0.3, -0.25) is 4.79 Å². The van der Waals surface area contributed by atoms with Gasteiger partial charge in [-0.25, -0.2) is 8.42 Å². The van der Waals surface area contributed by atoms with Gasteiger partial charge >= 0.3 is 0 Å². The molecule has 3 fully saturated rings. The third kappa shape index (κ3) is 2.15. The summed E-state index contributed by atoms with van der Waals surface area (Å²) in [7, 11) is -2.82. The van der Waals surface area contributed by atoms with Gasteiger partial charge in [-0.05, 0) is 31.6 Å². The van der Waals surface area contributed by atoms with Crippen LogP contribution in [0.3, 0.4) is 0 Å². The number of Topliss-reactive ketones (excluding diaryl/α,β-unsaturated/α-hetero) is 1. The van der Waals surface area contributed by atoms with Crippen LogP contribution in [0.15, 0.2) is 0 Å². The minimum atomic E-state index is -2.82. The third-order valence-electron chi connectivity index (χ3n) is 4.64.